The Labute approximate surface area is 133 Å². The van der Waals surface area contributed by atoms with Gasteiger partial charge in [0.15, 0.2) is 0 Å². The molecule has 0 N–H and O–H groups in total. The molecule has 0 bridgehead atoms. The Hall–Kier alpha value is -2.01. The molecule has 0 atom stereocenters. The molecular formula is C17H18N2O2S. The largest absolute Gasteiger partial charge is 0.344 e. The van der Waals surface area contributed by atoms with Gasteiger partial charge in [-0.25, -0.2) is 0 Å². The molecule has 1 aromatic heterocycles. The number of para-hydroxylation sites is 1. The van der Waals surface area contributed by atoms with Crippen LogP contribution in [0.4, 0.5) is 4.79 Å². The number of carbonyl (C=O) groups is 2. The van der Waals surface area contributed by atoms with Gasteiger partial charge in [0.2, 0.25) is 0 Å². The molecule has 1 aliphatic heterocycles. The number of nitrogens with zero attached hydrogens (tertiary/aromatic N) is 2. The van der Waals surface area contributed by atoms with E-state index in [1.165, 1.54) is 4.90 Å². The number of imide groups is 1. The van der Waals surface area contributed by atoms with Crippen LogP contribution >= 0.6 is 11.8 Å². The Balaban J connectivity index is 2.10. The molecule has 22 heavy (non-hydrogen) atoms. The second-order valence-corrected chi connectivity index (χ2v) is 6.52. The highest BCUT2D eigenvalue weighted by molar-refractivity contribution is 8.18. The van der Waals surface area contributed by atoms with Crippen LogP contribution in [0, 0.1) is 0 Å². The highest BCUT2D eigenvalue weighted by Crippen LogP contribution is 2.34. The molecule has 1 aliphatic rings. The van der Waals surface area contributed by atoms with Gasteiger partial charge in [-0.15, -0.1) is 0 Å². The third kappa shape index (κ3) is 2.35. The number of fused-ring (bicyclic) bond motifs is 1. The maximum absolute atomic E-state index is 12.2. The van der Waals surface area contributed by atoms with Crippen molar-refractivity contribution in [3.05, 3.63) is 40.9 Å². The minimum absolute atomic E-state index is 0.189. The molecule has 114 valence electrons. The summed E-state index contributed by atoms with van der Waals surface area (Å²) < 4.78 is 2.19. The van der Waals surface area contributed by atoms with Gasteiger partial charge >= 0.3 is 0 Å². The van der Waals surface area contributed by atoms with Gasteiger partial charge in [0.25, 0.3) is 11.1 Å². The lowest BCUT2D eigenvalue weighted by Gasteiger charge is -2.08. The first-order chi connectivity index (χ1) is 10.5. The second kappa shape index (κ2) is 5.65. The van der Waals surface area contributed by atoms with Crippen molar-refractivity contribution in [2.45, 2.75) is 26.8 Å². The molecule has 0 saturated carbocycles. The summed E-state index contributed by atoms with van der Waals surface area (Å²) in [5.41, 5.74) is 2.12. The fourth-order valence-corrected chi connectivity index (χ4v) is 3.58. The van der Waals surface area contributed by atoms with Crippen molar-refractivity contribution in [2.24, 2.45) is 0 Å². The molecule has 3 rings (SSSR count). The standard InChI is InChI=1S/C17H18N2O2S/c1-4-18-16(20)15(22-17(18)21)9-12-10-19(11(2)3)14-8-6-5-7-13(12)14/h5-11H,4H2,1-3H3/b15-9+. The van der Waals surface area contributed by atoms with Gasteiger partial charge in [-0.3, -0.25) is 14.5 Å². The van der Waals surface area contributed by atoms with Crippen LogP contribution in [-0.4, -0.2) is 27.2 Å². The van der Waals surface area contributed by atoms with Crippen molar-refractivity contribution < 1.29 is 9.59 Å². The molecule has 2 amide bonds. The van der Waals surface area contributed by atoms with Crippen LogP contribution in [-0.2, 0) is 4.79 Å². The van der Waals surface area contributed by atoms with Crippen molar-refractivity contribution in [1.82, 2.24) is 9.47 Å². The number of hydrogen-bond donors (Lipinski definition) is 0. The molecule has 4 nitrogen and oxygen atoms in total. The zero-order valence-electron chi connectivity index (χ0n) is 12.9. The molecular weight excluding hydrogens is 296 g/mol. The summed E-state index contributed by atoms with van der Waals surface area (Å²) in [6.07, 6.45) is 3.89. The number of hydrogen-bond acceptors (Lipinski definition) is 3. The number of amides is 2. The molecule has 0 radical (unpaired) electrons. The normalized spacial score (nSPS) is 17.5. The van der Waals surface area contributed by atoms with E-state index in [9.17, 15) is 9.59 Å². The maximum Gasteiger partial charge on any atom is 0.293 e. The van der Waals surface area contributed by atoms with Crippen molar-refractivity contribution in [3.63, 3.8) is 0 Å². The number of carbonyl (C=O) groups excluding carboxylic acids is 2. The van der Waals surface area contributed by atoms with E-state index >= 15 is 0 Å². The second-order valence-electron chi connectivity index (χ2n) is 5.53. The predicted molar refractivity (Wildman–Crippen MR) is 90.7 cm³/mol. The van der Waals surface area contributed by atoms with Crippen LogP contribution in [0.5, 0.6) is 0 Å². The number of benzene rings is 1. The minimum Gasteiger partial charge on any atom is -0.344 e. The van der Waals surface area contributed by atoms with Crippen LogP contribution in [0.15, 0.2) is 35.4 Å². The van der Waals surface area contributed by atoms with Crippen LogP contribution in [0.2, 0.25) is 0 Å². The van der Waals surface area contributed by atoms with E-state index in [0.29, 0.717) is 17.5 Å². The summed E-state index contributed by atoms with van der Waals surface area (Å²) in [5, 5.41) is 0.908. The van der Waals surface area contributed by atoms with E-state index < -0.39 is 0 Å². The van der Waals surface area contributed by atoms with Crippen LogP contribution in [0.3, 0.4) is 0 Å². The SMILES string of the molecule is CCN1C(=O)S/C(=C/c2cn(C(C)C)c3ccccc23)C1=O. The monoisotopic (exact) mass is 314 g/mol. The lowest BCUT2D eigenvalue weighted by Crippen LogP contribution is -2.27. The molecule has 2 heterocycles. The molecule has 1 aromatic carbocycles. The predicted octanol–water partition coefficient (Wildman–Crippen LogP) is 4.28. The molecule has 2 aromatic rings. The average Bonchev–Trinajstić information content (AvgIpc) is 2.98. The van der Waals surface area contributed by atoms with Crippen molar-refractivity contribution >= 4 is 39.9 Å². The van der Waals surface area contributed by atoms with Crippen LogP contribution in [0.25, 0.3) is 17.0 Å². The molecule has 5 heteroatoms. The van der Waals surface area contributed by atoms with E-state index in [1.807, 2.05) is 31.2 Å². The summed E-state index contributed by atoms with van der Waals surface area (Å²) in [6, 6.07) is 8.45. The highest BCUT2D eigenvalue weighted by atomic mass is 32.2. The quantitative estimate of drug-likeness (QED) is 0.794. The van der Waals surface area contributed by atoms with Crippen molar-refractivity contribution in [3.8, 4) is 0 Å². The van der Waals surface area contributed by atoms with Gasteiger partial charge in [-0.05, 0) is 44.7 Å². The Kier molecular flexibility index (Phi) is 3.83. The number of aromatic nitrogens is 1. The van der Waals surface area contributed by atoms with Crippen LogP contribution < -0.4 is 0 Å². The fraction of sp³-hybridized carbons (Fsp3) is 0.294. The van der Waals surface area contributed by atoms with E-state index in [1.54, 1.807) is 0 Å². The first-order valence-corrected chi connectivity index (χ1v) is 8.19. The summed E-state index contributed by atoms with van der Waals surface area (Å²) in [6.45, 7) is 6.47. The maximum atomic E-state index is 12.2. The molecule has 0 unspecified atom stereocenters. The van der Waals surface area contributed by atoms with Crippen molar-refractivity contribution in [2.75, 3.05) is 6.54 Å². The number of likely N-dealkylation sites (N-methyl/N-ethyl adjacent to an activating group) is 1. The topological polar surface area (TPSA) is 42.3 Å². The van der Waals surface area contributed by atoms with Gasteiger partial charge < -0.3 is 4.57 Å². The lowest BCUT2D eigenvalue weighted by atomic mass is 10.1. The Morgan fingerprint density at radius 1 is 1.23 bits per heavy atom. The zero-order chi connectivity index (χ0) is 15.9. The molecule has 0 spiro atoms. The van der Waals surface area contributed by atoms with E-state index in [-0.39, 0.29) is 11.1 Å². The van der Waals surface area contributed by atoms with E-state index in [0.717, 1.165) is 28.2 Å². The molecule has 1 fully saturated rings. The average molecular weight is 314 g/mol. The number of rotatable bonds is 3. The third-order valence-corrected chi connectivity index (χ3v) is 4.71. The summed E-state index contributed by atoms with van der Waals surface area (Å²) in [7, 11) is 0. The Bertz CT molecular complexity index is 789. The van der Waals surface area contributed by atoms with Gasteiger partial charge in [0.1, 0.15) is 0 Å². The summed E-state index contributed by atoms with van der Waals surface area (Å²) >= 11 is 1.02. The smallest absolute Gasteiger partial charge is 0.293 e. The molecule has 0 aliphatic carbocycles. The van der Waals surface area contributed by atoms with Gasteiger partial charge in [-0.1, -0.05) is 18.2 Å². The Morgan fingerprint density at radius 3 is 2.59 bits per heavy atom. The van der Waals surface area contributed by atoms with E-state index in [2.05, 4.69) is 30.7 Å². The Morgan fingerprint density at radius 2 is 1.95 bits per heavy atom. The first-order valence-electron chi connectivity index (χ1n) is 7.38. The zero-order valence-corrected chi connectivity index (χ0v) is 13.7. The van der Waals surface area contributed by atoms with Gasteiger partial charge in [0, 0.05) is 35.2 Å². The minimum atomic E-state index is -0.195. The lowest BCUT2D eigenvalue weighted by molar-refractivity contribution is -0.122. The highest BCUT2D eigenvalue weighted by Gasteiger charge is 2.33. The van der Waals surface area contributed by atoms with Gasteiger partial charge in [0.05, 0.1) is 4.91 Å². The summed E-state index contributed by atoms with van der Waals surface area (Å²) in [5.74, 6) is -0.195. The fourth-order valence-electron chi connectivity index (χ4n) is 2.69. The summed E-state index contributed by atoms with van der Waals surface area (Å²) in [4.78, 5) is 25.8. The molecule has 1 saturated heterocycles. The third-order valence-electron chi connectivity index (χ3n) is 3.80. The number of thioether (sulfide) groups is 1. The first kappa shape index (κ1) is 14.9. The van der Waals surface area contributed by atoms with Crippen LogP contribution in [0.1, 0.15) is 32.4 Å². The van der Waals surface area contributed by atoms with Crippen molar-refractivity contribution in [1.29, 1.82) is 0 Å². The van der Waals surface area contributed by atoms with Gasteiger partial charge in [-0.2, -0.15) is 0 Å². The van der Waals surface area contributed by atoms with E-state index in [4.69, 9.17) is 0 Å².